The smallest absolute Gasteiger partial charge is 0.286 e. The van der Waals surface area contributed by atoms with E-state index < -0.39 is 0 Å². The van der Waals surface area contributed by atoms with E-state index in [-0.39, 0.29) is 5.91 Å². The van der Waals surface area contributed by atoms with Gasteiger partial charge in [-0.15, -0.1) is 0 Å². The van der Waals surface area contributed by atoms with Gasteiger partial charge in [0.25, 0.3) is 5.91 Å². The Morgan fingerprint density at radius 3 is 2.77 bits per heavy atom. The van der Waals surface area contributed by atoms with Crippen LogP contribution in [0, 0.1) is 0 Å². The van der Waals surface area contributed by atoms with Crippen LogP contribution in [0.1, 0.15) is 36.0 Å². The van der Waals surface area contributed by atoms with Crippen LogP contribution >= 0.6 is 0 Å². The number of carbonyl (C=O) groups excluding carboxylic acids is 1. The molecule has 1 N–H and O–H groups in total. The predicted molar refractivity (Wildman–Crippen MR) is 87.1 cm³/mol. The average molecular weight is 296 g/mol. The van der Waals surface area contributed by atoms with E-state index >= 15 is 0 Å². The summed E-state index contributed by atoms with van der Waals surface area (Å²) in [7, 11) is 0. The molecule has 3 aromatic rings. The highest BCUT2D eigenvalue weighted by molar-refractivity contribution is 5.91. The van der Waals surface area contributed by atoms with E-state index in [1.54, 1.807) is 12.1 Å². The highest BCUT2D eigenvalue weighted by atomic mass is 16.3. The van der Waals surface area contributed by atoms with Crippen LogP contribution in [0.2, 0.25) is 0 Å². The molecule has 0 saturated heterocycles. The number of carbonyl (C=O) groups is 1. The van der Waals surface area contributed by atoms with Crippen molar-refractivity contribution in [1.29, 1.82) is 0 Å². The van der Waals surface area contributed by atoms with Gasteiger partial charge in [0.2, 0.25) is 0 Å². The fourth-order valence-electron chi connectivity index (χ4n) is 2.71. The standard InChI is InChI=1S/C18H20N2O2/c1-13(2)20-12-14(15-6-3-4-7-16(15)20)9-10-19-18(21)17-8-5-11-22-17/h3-8,11-13H,9-10H2,1-2H3,(H,19,21). The molecule has 0 aliphatic rings. The molecule has 3 rings (SSSR count). The summed E-state index contributed by atoms with van der Waals surface area (Å²) in [4.78, 5) is 11.9. The summed E-state index contributed by atoms with van der Waals surface area (Å²) < 4.78 is 7.36. The van der Waals surface area contributed by atoms with Gasteiger partial charge in [-0.2, -0.15) is 0 Å². The molecule has 2 aromatic heterocycles. The minimum absolute atomic E-state index is 0.169. The first-order chi connectivity index (χ1) is 10.7. The van der Waals surface area contributed by atoms with Crippen molar-refractivity contribution in [3.8, 4) is 0 Å². The zero-order valence-electron chi connectivity index (χ0n) is 12.9. The number of nitrogens with one attached hydrogen (secondary N) is 1. The fraction of sp³-hybridized carbons (Fsp3) is 0.278. The highest BCUT2D eigenvalue weighted by Crippen LogP contribution is 2.24. The number of aromatic nitrogens is 1. The molecule has 0 bridgehead atoms. The van der Waals surface area contributed by atoms with Gasteiger partial charge in [-0.1, -0.05) is 18.2 Å². The summed E-state index contributed by atoms with van der Waals surface area (Å²) in [5.41, 5.74) is 2.49. The number of furan rings is 1. The first kappa shape index (κ1) is 14.4. The molecule has 0 saturated carbocycles. The van der Waals surface area contributed by atoms with Gasteiger partial charge in [0, 0.05) is 29.7 Å². The van der Waals surface area contributed by atoms with Crippen LogP contribution in [-0.4, -0.2) is 17.0 Å². The molecule has 0 unspecified atom stereocenters. The molecule has 0 aliphatic carbocycles. The minimum Gasteiger partial charge on any atom is -0.459 e. The molecule has 1 amide bonds. The van der Waals surface area contributed by atoms with Crippen LogP contribution in [0.4, 0.5) is 0 Å². The Labute approximate surface area is 129 Å². The maximum atomic E-state index is 11.9. The first-order valence-electron chi connectivity index (χ1n) is 7.57. The SMILES string of the molecule is CC(C)n1cc(CCNC(=O)c2ccco2)c2ccccc21. The van der Waals surface area contributed by atoms with Gasteiger partial charge in [0.1, 0.15) is 0 Å². The Morgan fingerprint density at radius 2 is 2.05 bits per heavy atom. The van der Waals surface area contributed by atoms with Gasteiger partial charge in [-0.05, 0) is 44.0 Å². The summed E-state index contributed by atoms with van der Waals surface area (Å²) in [5.74, 6) is 0.183. The second kappa shape index (κ2) is 6.10. The lowest BCUT2D eigenvalue weighted by Gasteiger charge is -2.08. The summed E-state index contributed by atoms with van der Waals surface area (Å²) in [5, 5.41) is 4.15. The molecule has 2 heterocycles. The van der Waals surface area contributed by atoms with Crippen molar-refractivity contribution in [2.75, 3.05) is 6.54 Å². The number of benzene rings is 1. The third-order valence-electron chi connectivity index (χ3n) is 3.80. The van der Waals surface area contributed by atoms with Gasteiger partial charge in [-0.25, -0.2) is 0 Å². The molecule has 22 heavy (non-hydrogen) atoms. The van der Waals surface area contributed by atoms with E-state index in [1.165, 1.54) is 22.7 Å². The Kier molecular flexibility index (Phi) is 4.00. The van der Waals surface area contributed by atoms with Crippen LogP contribution in [0.5, 0.6) is 0 Å². The number of para-hydroxylation sites is 1. The van der Waals surface area contributed by atoms with Crippen LogP contribution in [-0.2, 0) is 6.42 Å². The summed E-state index contributed by atoms with van der Waals surface area (Å²) >= 11 is 0. The van der Waals surface area contributed by atoms with Gasteiger partial charge < -0.3 is 14.3 Å². The van der Waals surface area contributed by atoms with E-state index in [1.807, 2.05) is 0 Å². The van der Waals surface area contributed by atoms with Crippen molar-refractivity contribution in [1.82, 2.24) is 9.88 Å². The molecule has 0 spiro atoms. The Bertz CT molecular complexity index is 770. The van der Waals surface area contributed by atoms with Crippen LogP contribution in [0.3, 0.4) is 0 Å². The van der Waals surface area contributed by atoms with Crippen molar-refractivity contribution in [2.24, 2.45) is 0 Å². The monoisotopic (exact) mass is 296 g/mol. The molecular formula is C18H20N2O2. The van der Waals surface area contributed by atoms with Crippen molar-refractivity contribution in [3.63, 3.8) is 0 Å². The zero-order valence-corrected chi connectivity index (χ0v) is 12.9. The van der Waals surface area contributed by atoms with E-state index in [2.05, 4.69) is 54.2 Å². The molecule has 4 nitrogen and oxygen atoms in total. The topological polar surface area (TPSA) is 47.2 Å². The number of fused-ring (bicyclic) bond motifs is 1. The summed E-state index contributed by atoms with van der Waals surface area (Å²) in [6, 6.07) is 12.2. The molecule has 0 aliphatic heterocycles. The summed E-state index contributed by atoms with van der Waals surface area (Å²) in [6.45, 7) is 4.94. The highest BCUT2D eigenvalue weighted by Gasteiger charge is 2.11. The predicted octanol–water partition coefficient (Wildman–Crippen LogP) is 3.79. The molecule has 4 heteroatoms. The van der Waals surface area contributed by atoms with Crippen molar-refractivity contribution in [3.05, 3.63) is 60.2 Å². The van der Waals surface area contributed by atoms with Crippen LogP contribution in [0.25, 0.3) is 10.9 Å². The number of amides is 1. The molecule has 0 fully saturated rings. The second-order valence-corrected chi connectivity index (χ2v) is 5.66. The normalized spacial score (nSPS) is 11.2. The molecule has 0 radical (unpaired) electrons. The lowest BCUT2D eigenvalue weighted by Crippen LogP contribution is -2.25. The van der Waals surface area contributed by atoms with Crippen molar-refractivity contribution >= 4 is 16.8 Å². The molecule has 1 aromatic carbocycles. The lowest BCUT2D eigenvalue weighted by atomic mass is 10.1. The van der Waals surface area contributed by atoms with Crippen LogP contribution < -0.4 is 5.32 Å². The molecule has 0 atom stereocenters. The fourth-order valence-corrected chi connectivity index (χ4v) is 2.71. The Balaban J connectivity index is 1.73. The van der Waals surface area contributed by atoms with E-state index in [4.69, 9.17) is 4.42 Å². The van der Waals surface area contributed by atoms with Gasteiger partial charge >= 0.3 is 0 Å². The third-order valence-corrected chi connectivity index (χ3v) is 3.80. The second-order valence-electron chi connectivity index (χ2n) is 5.66. The maximum absolute atomic E-state index is 11.9. The molecule has 114 valence electrons. The van der Waals surface area contributed by atoms with Crippen molar-refractivity contribution < 1.29 is 9.21 Å². The van der Waals surface area contributed by atoms with Crippen molar-refractivity contribution in [2.45, 2.75) is 26.3 Å². The zero-order chi connectivity index (χ0) is 15.5. The number of nitrogens with zero attached hydrogens (tertiary/aromatic N) is 1. The van der Waals surface area contributed by atoms with Crippen LogP contribution in [0.15, 0.2) is 53.3 Å². The first-order valence-corrected chi connectivity index (χ1v) is 7.57. The minimum atomic E-state index is -0.169. The van der Waals surface area contributed by atoms with E-state index in [9.17, 15) is 4.79 Å². The van der Waals surface area contributed by atoms with E-state index in [0.29, 0.717) is 18.3 Å². The Morgan fingerprint density at radius 1 is 1.23 bits per heavy atom. The lowest BCUT2D eigenvalue weighted by molar-refractivity contribution is 0.0926. The van der Waals surface area contributed by atoms with Gasteiger partial charge in [-0.3, -0.25) is 4.79 Å². The number of rotatable bonds is 5. The average Bonchev–Trinajstić information content (AvgIpc) is 3.15. The van der Waals surface area contributed by atoms with Gasteiger partial charge in [0.15, 0.2) is 5.76 Å². The maximum Gasteiger partial charge on any atom is 0.286 e. The quantitative estimate of drug-likeness (QED) is 0.778. The number of hydrogen-bond acceptors (Lipinski definition) is 2. The Hall–Kier alpha value is -2.49. The molecular weight excluding hydrogens is 276 g/mol. The van der Waals surface area contributed by atoms with E-state index in [0.717, 1.165) is 6.42 Å². The third kappa shape index (κ3) is 2.77. The number of hydrogen-bond donors (Lipinski definition) is 1. The van der Waals surface area contributed by atoms with Gasteiger partial charge in [0.05, 0.1) is 6.26 Å². The largest absolute Gasteiger partial charge is 0.459 e. The summed E-state index contributed by atoms with van der Waals surface area (Å²) in [6.07, 6.45) is 4.49.